The molecule has 0 saturated carbocycles. The molecule has 0 spiro atoms. The van der Waals surface area contributed by atoms with Crippen molar-refractivity contribution in [2.75, 3.05) is 47.7 Å². The van der Waals surface area contributed by atoms with Gasteiger partial charge in [-0.2, -0.15) is 4.98 Å². The summed E-state index contributed by atoms with van der Waals surface area (Å²) in [5.74, 6) is 0.739. The van der Waals surface area contributed by atoms with Crippen molar-refractivity contribution in [3.8, 4) is 5.75 Å². The predicted molar refractivity (Wildman–Crippen MR) is 200 cm³/mol. The third-order valence-corrected chi connectivity index (χ3v) is 9.00. The summed E-state index contributed by atoms with van der Waals surface area (Å²) in [6.07, 6.45) is 1.85. The number of methoxy groups -OCH3 is 1. The molecule has 14 heteroatoms. The van der Waals surface area contributed by atoms with Crippen LogP contribution in [0.1, 0.15) is 61.3 Å². The van der Waals surface area contributed by atoms with E-state index in [0.717, 1.165) is 5.69 Å². The smallest absolute Gasteiger partial charge is 0.412 e. The van der Waals surface area contributed by atoms with Crippen molar-refractivity contribution in [2.45, 2.75) is 51.6 Å². The van der Waals surface area contributed by atoms with Crippen LogP contribution in [0.3, 0.4) is 0 Å². The molecule has 1 aliphatic rings. The van der Waals surface area contributed by atoms with Gasteiger partial charge in [0.05, 0.1) is 30.2 Å². The van der Waals surface area contributed by atoms with Gasteiger partial charge in [-0.3, -0.25) is 14.5 Å². The van der Waals surface area contributed by atoms with Crippen LogP contribution >= 0.6 is 11.6 Å². The predicted octanol–water partition coefficient (Wildman–Crippen LogP) is 7.06. The molecule has 5 N–H and O–H groups in total. The van der Waals surface area contributed by atoms with Gasteiger partial charge in [0, 0.05) is 54.2 Å². The van der Waals surface area contributed by atoms with Crippen LogP contribution in [-0.4, -0.2) is 71.3 Å². The Morgan fingerprint density at radius 3 is 2.27 bits per heavy atom. The van der Waals surface area contributed by atoms with E-state index < -0.39 is 17.2 Å². The normalized spacial score (nSPS) is 13.9. The van der Waals surface area contributed by atoms with Gasteiger partial charge >= 0.3 is 6.09 Å². The van der Waals surface area contributed by atoms with Crippen molar-refractivity contribution in [3.05, 3.63) is 89.1 Å². The molecule has 4 aromatic rings. The topological polar surface area (TPSA) is 161 Å². The summed E-state index contributed by atoms with van der Waals surface area (Å²) in [6, 6.07) is 19.5. The second-order valence-corrected chi connectivity index (χ2v) is 13.9. The molecule has 0 unspecified atom stereocenters. The lowest BCUT2D eigenvalue weighted by atomic mass is 9.89. The Morgan fingerprint density at radius 1 is 0.961 bits per heavy atom. The molecule has 1 aliphatic heterocycles. The monoisotopic (exact) mass is 714 g/mol. The van der Waals surface area contributed by atoms with E-state index in [1.807, 2.05) is 45.9 Å². The molecule has 268 valence electrons. The van der Waals surface area contributed by atoms with Gasteiger partial charge in [0.1, 0.15) is 10.8 Å². The Labute approximate surface area is 302 Å². The number of aromatic nitrogens is 2. The Bertz CT molecular complexity index is 1910. The van der Waals surface area contributed by atoms with E-state index in [9.17, 15) is 19.5 Å². The van der Waals surface area contributed by atoms with Gasteiger partial charge in [-0.25, -0.2) is 9.78 Å². The van der Waals surface area contributed by atoms with Crippen molar-refractivity contribution in [3.63, 3.8) is 0 Å². The molecule has 0 aliphatic carbocycles. The van der Waals surface area contributed by atoms with Gasteiger partial charge in [-0.1, -0.05) is 23.7 Å². The number of nitrogens with zero attached hydrogens (tertiary/aromatic N) is 4. The lowest BCUT2D eigenvalue weighted by Gasteiger charge is -2.41. The highest BCUT2D eigenvalue weighted by molar-refractivity contribution is 6.33. The van der Waals surface area contributed by atoms with Crippen molar-refractivity contribution in [1.29, 1.82) is 0 Å². The largest absolute Gasteiger partial charge is 0.494 e. The minimum absolute atomic E-state index is 0.203. The van der Waals surface area contributed by atoms with E-state index in [1.54, 1.807) is 62.7 Å². The molecule has 0 radical (unpaired) electrons. The molecular formula is C37H43ClN8O5. The molecule has 2 heterocycles. The van der Waals surface area contributed by atoms with Gasteiger partial charge in [-0.15, -0.1) is 0 Å². The summed E-state index contributed by atoms with van der Waals surface area (Å²) in [7, 11) is 3.16. The van der Waals surface area contributed by atoms with Crippen LogP contribution in [-0.2, 0) is 0 Å². The molecule has 3 aromatic carbocycles. The fourth-order valence-corrected chi connectivity index (χ4v) is 6.08. The number of piperidine rings is 1. The quantitative estimate of drug-likeness (QED) is 0.115. The van der Waals surface area contributed by atoms with Crippen LogP contribution < -0.4 is 35.8 Å². The zero-order valence-electron chi connectivity index (χ0n) is 29.5. The molecule has 13 nitrogen and oxygen atoms in total. The molecule has 1 saturated heterocycles. The fourth-order valence-electron chi connectivity index (χ4n) is 5.94. The molecule has 0 bridgehead atoms. The maximum Gasteiger partial charge on any atom is 0.412 e. The summed E-state index contributed by atoms with van der Waals surface area (Å²) in [6.45, 7) is 8.91. The molecule has 0 atom stereocenters. The van der Waals surface area contributed by atoms with E-state index in [1.165, 1.54) is 11.1 Å². The fraction of sp³-hybridized carbons (Fsp3) is 0.324. The highest BCUT2D eigenvalue weighted by Gasteiger charge is 2.33. The minimum atomic E-state index is -1.05. The lowest BCUT2D eigenvalue weighted by Crippen LogP contribution is -2.53. The first-order chi connectivity index (χ1) is 24.2. The molecule has 1 aromatic heterocycles. The second-order valence-electron chi connectivity index (χ2n) is 13.5. The number of hydrogen-bond acceptors (Lipinski definition) is 9. The summed E-state index contributed by atoms with van der Waals surface area (Å²) >= 11 is 6.41. The number of rotatable bonds is 10. The highest BCUT2D eigenvalue weighted by atomic mass is 35.5. The number of ether oxygens (including phenoxy) is 1. The van der Waals surface area contributed by atoms with E-state index in [2.05, 4.69) is 36.1 Å². The first-order valence-corrected chi connectivity index (χ1v) is 16.9. The summed E-state index contributed by atoms with van der Waals surface area (Å²) in [5.41, 5.74) is 2.52. The number of carbonyl (C=O) groups excluding carboxylic acids is 2. The molecule has 51 heavy (non-hydrogen) atoms. The number of carboxylic acid groups (broad SMARTS) is 1. The summed E-state index contributed by atoms with van der Waals surface area (Å²) in [5, 5.41) is 22.1. The van der Waals surface area contributed by atoms with Crippen molar-refractivity contribution in [2.24, 2.45) is 0 Å². The Balaban J connectivity index is 1.22. The maximum atomic E-state index is 13.2. The van der Waals surface area contributed by atoms with E-state index >= 15 is 0 Å². The number of benzene rings is 3. The number of para-hydroxylation sites is 1. The average Bonchev–Trinajstić information content (AvgIpc) is 3.09. The van der Waals surface area contributed by atoms with Gasteiger partial charge in [-0.05, 0) is 89.1 Å². The van der Waals surface area contributed by atoms with Gasteiger partial charge < -0.3 is 36.0 Å². The molecule has 5 rings (SSSR count). The van der Waals surface area contributed by atoms with E-state index in [-0.39, 0.29) is 22.8 Å². The van der Waals surface area contributed by atoms with Crippen LogP contribution in [0.2, 0.25) is 5.02 Å². The van der Waals surface area contributed by atoms with Gasteiger partial charge in [0.2, 0.25) is 5.95 Å². The first-order valence-electron chi connectivity index (χ1n) is 16.5. The highest BCUT2D eigenvalue weighted by Crippen LogP contribution is 2.35. The molecule has 3 amide bonds. The van der Waals surface area contributed by atoms with Crippen LogP contribution in [0.15, 0.2) is 72.9 Å². The Kier molecular flexibility index (Phi) is 10.9. The zero-order chi connectivity index (χ0) is 36.9. The van der Waals surface area contributed by atoms with Crippen molar-refractivity contribution < 1.29 is 24.2 Å². The molecule has 1 fully saturated rings. The number of nitrogens with one attached hydrogen (secondary N) is 4. The maximum absolute atomic E-state index is 13.2. The van der Waals surface area contributed by atoms with E-state index in [0.29, 0.717) is 65.7 Å². The zero-order valence-corrected chi connectivity index (χ0v) is 30.3. The second kappa shape index (κ2) is 15.1. The summed E-state index contributed by atoms with van der Waals surface area (Å²) < 4.78 is 5.73. The van der Waals surface area contributed by atoms with Crippen molar-refractivity contribution in [1.82, 2.24) is 20.6 Å². The van der Waals surface area contributed by atoms with Gasteiger partial charge in [0.15, 0.2) is 5.82 Å². The Morgan fingerprint density at radius 2 is 1.65 bits per heavy atom. The summed E-state index contributed by atoms with van der Waals surface area (Å²) in [4.78, 5) is 49.8. The molecular weight excluding hydrogens is 672 g/mol. The Hall–Kier alpha value is -5.56. The third kappa shape index (κ3) is 8.61. The number of halogens is 1. The number of carbonyl (C=O) groups is 3. The van der Waals surface area contributed by atoms with Crippen LogP contribution in [0.25, 0.3) is 0 Å². The van der Waals surface area contributed by atoms with Crippen LogP contribution in [0.4, 0.5) is 39.3 Å². The van der Waals surface area contributed by atoms with Crippen molar-refractivity contribution >= 4 is 64.0 Å². The number of amides is 3. The lowest BCUT2D eigenvalue weighted by molar-refractivity contribution is 0.0890. The van der Waals surface area contributed by atoms with Crippen LogP contribution in [0.5, 0.6) is 5.75 Å². The number of hydrogen-bond donors (Lipinski definition) is 5. The van der Waals surface area contributed by atoms with E-state index in [4.69, 9.17) is 16.3 Å². The standard InChI is InChI=1S/C37H43ClN8O5/c1-36(2,3)46(35(49)50)24-13-11-23(12-14-24)32(47)44-37(4)17-19-45(20-18-37)25-15-16-29(30(21-25)51-6)42-34-40-22-27(38)31(43-34)41-28-10-8-7-9-26(28)33(48)39-5/h7-16,21-22H,17-20H2,1-6H3,(H,39,48)(H,44,47)(H,49,50)(H2,40,41,42,43). The third-order valence-electron chi connectivity index (χ3n) is 8.72. The minimum Gasteiger partial charge on any atom is -0.494 e. The SMILES string of the molecule is CNC(=O)c1ccccc1Nc1nc(Nc2ccc(N3CCC(C)(NC(=O)c4ccc(N(C(=O)O)C(C)(C)C)cc4)CC3)cc2OC)ncc1Cl. The first kappa shape index (κ1) is 36.7. The van der Waals surface area contributed by atoms with Crippen LogP contribution in [0, 0.1) is 0 Å². The number of anilines is 6. The average molecular weight is 715 g/mol. The van der Waals surface area contributed by atoms with Gasteiger partial charge in [0.25, 0.3) is 11.8 Å².